The van der Waals surface area contributed by atoms with Gasteiger partial charge in [-0.2, -0.15) is 10.4 Å². The fourth-order valence-corrected chi connectivity index (χ4v) is 3.81. The van der Waals surface area contributed by atoms with Crippen molar-refractivity contribution in [3.63, 3.8) is 0 Å². The first kappa shape index (κ1) is 15.9. The first-order valence-electron chi connectivity index (χ1n) is 8.71. The normalized spacial score (nSPS) is 16.9. The van der Waals surface area contributed by atoms with Gasteiger partial charge in [-0.15, -0.1) is 0 Å². The maximum atomic E-state index is 12.8. The number of amides is 1. The molecule has 1 aromatic heterocycles. The zero-order chi connectivity index (χ0) is 17.4. The molecule has 1 fully saturated rings. The Kier molecular flexibility index (Phi) is 4.02. The van der Waals surface area contributed by atoms with Gasteiger partial charge in [-0.05, 0) is 30.5 Å². The van der Waals surface area contributed by atoms with Crippen molar-refractivity contribution in [1.82, 2.24) is 19.6 Å². The van der Waals surface area contributed by atoms with Crippen molar-refractivity contribution in [2.75, 3.05) is 13.1 Å². The fourth-order valence-electron chi connectivity index (χ4n) is 3.81. The molecular weight excluding hydrogens is 314 g/mol. The highest BCUT2D eigenvalue weighted by Crippen LogP contribution is 2.28. The first-order chi connectivity index (χ1) is 12.2. The van der Waals surface area contributed by atoms with Gasteiger partial charge in [0.1, 0.15) is 0 Å². The predicted molar refractivity (Wildman–Crippen MR) is 92.5 cm³/mol. The number of nitrogens with zero attached hydrogens (tertiary/aromatic N) is 5. The molecule has 0 N–H and O–H groups in total. The predicted octanol–water partition coefficient (Wildman–Crippen LogP) is 2.04. The molecule has 0 aliphatic carbocycles. The van der Waals surface area contributed by atoms with Gasteiger partial charge in [-0.3, -0.25) is 14.4 Å². The van der Waals surface area contributed by atoms with Crippen LogP contribution in [0.5, 0.6) is 0 Å². The molecule has 0 spiro atoms. The van der Waals surface area contributed by atoms with E-state index in [1.54, 1.807) is 0 Å². The number of aryl methyl sites for hydroxylation is 1. The SMILES string of the molecule is Cn1nc(C(=O)N2CCCC2)c2c1CN(Cc1cccc(C#N)c1)C2. The van der Waals surface area contributed by atoms with E-state index in [1.807, 2.05) is 40.9 Å². The van der Waals surface area contributed by atoms with E-state index in [-0.39, 0.29) is 5.91 Å². The lowest BCUT2D eigenvalue weighted by atomic mass is 10.1. The Balaban J connectivity index is 1.53. The van der Waals surface area contributed by atoms with Crippen molar-refractivity contribution in [2.45, 2.75) is 32.5 Å². The van der Waals surface area contributed by atoms with Gasteiger partial charge in [0.2, 0.25) is 0 Å². The van der Waals surface area contributed by atoms with E-state index in [9.17, 15) is 4.79 Å². The Bertz CT molecular complexity index is 857. The number of fused-ring (bicyclic) bond motifs is 1. The Hall–Kier alpha value is -2.65. The van der Waals surface area contributed by atoms with E-state index in [0.717, 1.165) is 62.4 Å². The minimum Gasteiger partial charge on any atom is -0.337 e. The molecule has 3 heterocycles. The third-order valence-electron chi connectivity index (χ3n) is 5.09. The molecule has 2 aromatic rings. The molecule has 6 nitrogen and oxygen atoms in total. The second-order valence-corrected chi connectivity index (χ2v) is 6.85. The standard InChI is InChI=1S/C19H21N5O/c1-22-17-13-23(11-15-6-4-5-14(9-15)10-20)12-16(17)18(21-22)19(25)24-7-2-3-8-24/h4-6,9H,2-3,7-8,11-13H2,1H3. The number of hydrogen-bond acceptors (Lipinski definition) is 4. The number of nitriles is 1. The van der Waals surface area contributed by atoms with Crippen LogP contribution in [0.3, 0.4) is 0 Å². The number of aromatic nitrogens is 2. The van der Waals surface area contributed by atoms with Gasteiger partial charge in [0.25, 0.3) is 5.91 Å². The van der Waals surface area contributed by atoms with E-state index in [2.05, 4.69) is 16.1 Å². The third-order valence-corrected chi connectivity index (χ3v) is 5.09. The number of benzene rings is 1. The van der Waals surface area contributed by atoms with Gasteiger partial charge in [0.15, 0.2) is 5.69 Å². The van der Waals surface area contributed by atoms with Gasteiger partial charge in [0, 0.05) is 45.3 Å². The maximum Gasteiger partial charge on any atom is 0.274 e. The summed E-state index contributed by atoms with van der Waals surface area (Å²) < 4.78 is 1.85. The van der Waals surface area contributed by atoms with Crippen LogP contribution in [0.4, 0.5) is 0 Å². The number of carbonyl (C=O) groups is 1. The lowest BCUT2D eigenvalue weighted by Gasteiger charge is -2.17. The highest BCUT2D eigenvalue weighted by Gasteiger charge is 2.32. The van der Waals surface area contributed by atoms with E-state index in [0.29, 0.717) is 11.3 Å². The molecule has 0 atom stereocenters. The zero-order valence-corrected chi connectivity index (χ0v) is 14.4. The van der Waals surface area contributed by atoms with Crippen molar-refractivity contribution in [1.29, 1.82) is 5.26 Å². The Morgan fingerprint density at radius 1 is 1.28 bits per heavy atom. The van der Waals surface area contributed by atoms with Gasteiger partial charge < -0.3 is 4.90 Å². The average Bonchev–Trinajstić information content (AvgIpc) is 3.33. The molecule has 2 aliphatic rings. The van der Waals surface area contributed by atoms with E-state index < -0.39 is 0 Å². The van der Waals surface area contributed by atoms with Crippen molar-refractivity contribution in [3.8, 4) is 6.07 Å². The van der Waals surface area contributed by atoms with Crippen LogP contribution in [0.1, 0.15) is 45.7 Å². The minimum atomic E-state index is 0.0719. The van der Waals surface area contributed by atoms with Gasteiger partial charge in [-0.1, -0.05) is 12.1 Å². The number of carbonyl (C=O) groups excluding carboxylic acids is 1. The zero-order valence-electron chi connectivity index (χ0n) is 14.4. The summed E-state index contributed by atoms with van der Waals surface area (Å²) in [6, 6.07) is 9.89. The monoisotopic (exact) mass is 335 g/mol. The molecule has 2 aliphatic heterocycles. The summed E-state index contributed by atoms with van der Waals surface area (Å²) in [5.74, 6) is 0.0719. The maximum absolute atomic E-state index is 12.8. The van der Waals surface area contributed by atoms with Crippen molar-refractivity contribution in [3.05, 3.63) is 52.3 Å². The smallest absolute Gasteiger partial charge is 0.274 e. The summed E-state index contributed by atoms with van der Waals surface area (Å²) >= 11 is 0. The molecular formula is C19H21N5O. The molecule has 128 valence electrons. The summed E-state index contributed by atoms with van der Waals surface area (Å²) in [5.41, 5.74) is 4.61. The van der Waals surface area contributed by atoms with Gasteiger partial charge in [-0.25, -0.2) is 0 Å². The van der Waals surface area contributed by atoms with Gasteiger partial charge >= 0.3 is 0 Å². The third kappa shape index (κ3) is 2.92. The van der Waals surface area contributed by atoms with E-state index in [1.165, 1.54) is 0 Å². The molecule has 0 radical (unpaired) electrons. The van der Waals surface area contributed by atoms with Crippen LogP contribution in [0.15, 0.2) is 24.3 Å². The van der Waals surface area contributed by atoms with Crippen LogP contribution in [0.2, 0.25) is 0 Å². The largest absolute Gasteiger partial charge is 0.337 e. The summed E-state index contributed by atoms with van der Waals surface area (Å²) in [7, 11) is 1.92. The van der Waals surface area contributed by atoms with Crippen LogP contribution < -0.4 is 0 Å². The second kappa shape index (κ2) is 6.34. The van der Waals surface area contributed by atoms with Crippen LogP contribution >= 0.6 is 0 Å². The van der Waals surface area contributed by atoms with Crippen LogP contribution in [0, 0.1) is 11.3 Å². The number of rotatable bonds is 3. The van der Waals surface area contributed by atoms with E-state index >= 15 is 0 Å². The van der Waals surface area contributed by atoms with Crippen molar-refractivity contribution >= 4 is 5.91 Å². The van der Waals surface area contributed by atoms with Gasteiger partial charge in [0.05, 0.1) is 17.3 Å². The number of hydrogen-bond donors (Lipinski definition) is 0. The lowest BCUT2D eigenvalue weighted by Crippen LogP contribution is -2.29. The molecule has 1 saturated heterocycles. The molecule has 6 heteroatoms. The Morgan fingerprint density at radius 2 is 2.08 bits per heavy atom. The Morgan fingerprint density at radius 3 is 2.84 bits per heavy atom. The first-order valence-corrected chi connectivity index (χ1v) is 8.71. The molecule has 0 unspecified atom stereocenters. The molecule has 25 heavy (non-hydrogen) atoms. The summed E-state index contributed by atoms with van der Waals surface area (Å²) in [5, 5.41) is 13.6. The topological polar surface area (TPSA) is 65.2 Å². The summed E-state index contributed by atoms with van der Waals surface area (Å²) in [4.78, 5) is 17.0. The molecule has 1 aromatic carbocycles. The fraction of sp³-hybridized carbons (Fsp3) is 0.421. The minimum absolute atomic E-state index is 0.0719. The summed E-state index contributed by atoms with van der Waals surface area (Å²) in [6.45, 7) is 3.96. The number of likely N-dealkylation sites (tertiary alicyclic amines) is 1. The molecule has 0 saturated carbocycles. The highest BCUT2D eigenvalue weighted by molar-refractivity contribution is 5.94. The van der Waals surface area contributed by atoms with Crippen LogP contribution in [-0.4, -0.2) is 38.6 Å². The molecule has 4 rings (SSSR count). The van der Waals surface area contributed by atoms with Crippen LogP contribution in [0.25, 0.3) is 0 Å². The van der Waals surface area contributed by atoms with Crippen molar-refractivity contribution < 1.29 is 4.79 Å². The van der Waals surface area contributed by atoms with Crippen LogP contribution in [-0.2, 0) is 26.7 Å². The quantitative estimate of drug-likeness (QED) is 0.861. The summed E-state index contributed by atoms with van der Waals surface area (Å²) in [6.07, 6.45) is 2.17. The molecule has 1 amide bonds. The highest BCUT2D eigenvalue weighted by atomic mass is 16.2. The second-order valence-electron chi connectivity index (χ2n) is 6.85. The van der Waals surface area contributed by atoms with Crippen molar-refractivity contribution in [2.24, 2.45) is 7.05 Å². The molecule has 0 bridgehead atoms. The van der Waals surface area contributed by atoms with E-state index in [4.69, 9.17) is 5.26 Å². The average molecular weight is 335 g/mol. The lowest BCUT2D eigenvalue weighted by molar-refractivity contribution is 0.0784. The Labute approximate surface area is 147 Å².